The maximum absolute atomic E-state index is 11.3. The standard InChI is InChI=1S/C7H8N6O2/c8-5-10-6(9)12-7(11-5)13-2-3(14)1-4(13)15/h1-2H2,(H4,8,9,10,11,12). The highest BCUT2D eigenvalue weighted by Crippen LogP contribution is 2.16. The molecule has 2 heterocycles. The van der Waals surface area contributed by atoms with E-state index in [4.69, 9.17) is 11.5 Å². The quantitative estimate of drug-likeness (QED) is 0.528. The minimum absolute atomic E-state index is 0.0239. The second kappa shape index (κ2) is 3.15. The van der Waals surface area contributed by atoms with Crippen LogP contribution in [-0.2, 0) is 9.59 Å². The van der Waals surface area contributed by atoms with Crippen LogP contribution in [0.5, 0.6) is 0 Å². The van der Waals surface area contributed by atoms with Gasteiger partial charge in [-0.2, -0.15) is 15.0 Å². The van der Waals surface area contributed by atoms with Gasteiger partial charge in [0, 0.05) is 0 Å². The van der Waals surface area contributed by atoms with E-state index < -0.39 is 0 Å². The van der Waals surface area contributed by atoms with Gasteiger partial charge in [0.05, 0.1) is 13.0 Å². The first-order valence-corrected chi connectivity index (χ1v) is 4.15. The minimum atomic E-state index is -0.356. The average molecular weight is 208 g/mol. The summed E-state index contributed by atoms with van der Waals surface area (Å²) < 4.78 is 0. The zero-order valence-corrected chi connectivity index (χ0v) is 7.67. The summed E-state index contributed by atoms with van der Waals surface area (Å²) in [5, 5.41) is 0. The fraction of sp³-hybridized carbons (Fsp3) is 0.286. The summed E-state index contributed by atoms with van der Waals surface area (Å²) in [6.45, 7) is -0.0400. The molecule has 78 valence electrons. The van der Waals surface area contributed by atoms with Crippen LogP contribution in [0.4, 0.5) is 17.8 Å². The molecule has 1 aromatic rings. The van der Waals surface area contributed by atoms with Crippen molar-refractivity contribution in [3.8, 4) is 0 Å². The molecule has 0 bridgehead atoms. The Bertz CT molecular complexity index is 425. The molecular weight excluding hydrogens is 200 g/mol. The largest absolute Gasteiger partial charge is 0.368 e. The predicted molar refractivity (Wildman–Crippen MR) is 50.6 cm³/mol. The lowest BCUT2D eigenvalue weighted by Crippen LogP contribution is -2.27. The molecule has 0 radical (unpaired) electrons. The number of anilines is 3. The minimum Gasteiger partial charge on any atom is -0.368 e. The van der Waals surface area contributed by atoms with E-state index in [1.54, 1.807) is 0 Å². The fourth-order valence-corrected chi connectivity index (χ4v) is 1.28. The highest BCUT2D eigenvalue weighted by molar-refractivity contribution is 6.14. The van der Waals surface area contributed by atoms with E-state index in [1.807, 2.05) is 0 Å². The maximum atomic E-state index is 11.3. The highest BCUT2D eigenvalue weighted by atomic mass is 16.2. The lowest BCUT2D eigenvalue weighted by atomic mass is 10.3. The summed E-state index contributed by atoms with van der Waals surface area (Å²) >= 11 is 0. The van der Waals surface area contributed by atoms with Crippen molar-refractivity contribution in [3.05, 3.63) is 0 Å². The van der Waals surface area contributed by atoms with Crippen LogP contribution in [-0.4, -0.2) is 33.2 Å². The number of hydrogen-bond acceptors (Lipinski definition) is 7. The number of nitrogen functional groups attached to an aromatic ring is 2. The molecule has 0 aromatic carbocycles. The third-order valence-corrected chi connectivity index (χ3v) is 1.88. The van der Waals surface area contributed by atoms with Crippen LogP contribution in [0.3, 0.4) is 0 Å². The number of ketones is 1. The average Bonchev–Trinajstić information content (AvgIpc) is 2.43. The normalized spacial score (nSPS) is 16.1. The number of Topliss-reactive ketones (excluding diaryl/α,β-unsaturated/α-hetero) is 1. The zero-order chi connectivity index (χ0) is 11.0. The monoisotopic (exact) mass is 208 g/mol. The maximum Gasteiger partial charge on any atom is 0.239 e. The molecule has 0 spiro atoms. The Morgan fingerprint density at radius 2 is 1.67 bits per heavy atom. The first kappa shape index (κ1) is 9.31. The van der Waals surface area contributed by atoms with Gasteiger partial charge in [-0.3, -0.25) is 14.5 Å². The van der Waals surface area contributed by atoms with E-state index in [0.717, 1.165) is 4.90 Å². The summed E-state index contributed by atoms with van der Waals surface area (Å²) in [5.74, 6) is -0.673. The first-order valence-electron chi connectivity index (χ1n) is 4.15. The molecular formula is C7H8N6O2. The van der Waals surface area contributed by atoms with E-state index in [0.29, 0.717) is 0 Å². The van der Waals surface area contributed by atoms with Crippen LogP contribution in [0.2, 0.25) is 0 Å². The molecule has 1 aliphatic rings. The molecule has 1 fully saturated rings. The molecule has 1 aromatic heterocycles. The van der Waals surface area contributed by atoms with Crippen molar-refractivity contribution >= 4 is 29.5 Å². The number of amides is 1. The van der Waals surface area contributed by atoms with Gasteiger partial charge < -0.3 is 11.5 Å². The van der Waals surface area contributed by atoms with Crippen molar-refractivity contribution in [2.45, 2.75) is 6.42 Å². The third-order valence-electron chi connectivity index (χ3n) is 1.88. The van der Waals surface area contributed by atoms with Crippen LogP contribution < -0.4 is 16.4 Å². The van der Waals surface area contributed by atoms with Gasteiger partial charge in [0.2, 0.25) is 23.8 Å². The molecule has 15 heavy (non-hydrogen) atoms. The van der Waals surface area contributed by atoms with Crippen molar-refractivity contribution in [2.24, 2.45) is 0 Å². The topological polar surface area (TPSA) is 128 Å². The van der Waals surface area contributed by atoms with Gasteiger partial charge in [0.15, 0.2) is 5.78 Å². The van der Waals surface area contributed by atoms with Gasteiger partial charge in [-0.1, -0.05) is 0 Å². The number of aromatic nitrogens is 3. The Balaban J connectivity index is 2.37. The number of nitrogens with two attached hydrogens (primary N) is 2. The number of carbonyl (C=O) groups excluding carboxylic acids is 2. The van der Waals surface area contributed by atoms with Crippen molar-refractivity contribution in [1.82, 2.24) is 15.0 Å². The lowest BCUT2D eigenvalue weighted by molar-refractivity contribution is -0.121. The Morgan fingerprint density at radius 3 is 2.13 bits per heavy atom. The summed E-state index contributed by atoms with van der Waals surface area (Å²) in [6, 6.07) is 0. The number of nitrogens with zero attached hydrogens (tertiary/aromatic N) is 4. The van der Waals surface area contributed by atoms with Crippen molar-refractivity contribution in [2.75, 3.05) is 22.9 Å². The highest BCUT2D eigenvalue weighted by Gasteiger charge is 2.30. The smallest absolute Gasteiger partial charge is 0.239 e. The van der Waals surface area contributed by atoms with E-state index in [1.165, 1.54) is 0 Å². The molecule has 0 aliphatic carbocycles. The SMILES string of the molecule is Nc1nc(N)nc(N2CC(=O)CC2=O)n1. The van der Waals surface area contributed by atoms with Gasteiger partial charge in [-0.15, -0.1) is 0 Å². The molecule has 8 heteroatoms. The van der Waals surface area contributed by atoms with E-state index >= 15 is 0 Å². The molecule has 8 nitrogen and oxygen atoms in total. The summed E-state index contributed by atoms with van der Waals surface area (Å²) in [7, 11) is 0. The van der Waals surface area contributed by atoms with Crippen LogP contribution in [0.25, 0.3) is 0 Å². The van der Waals surface area contributed by atoms with E-state index in [-0.39, 0.29) is 42.5 Å². The van der Waals surface area contributed by atoms with Crippen molar-refractivity contribution < 1.29 is 9.59 Å². The molecule has 0 unspecified atom stereocenters. The lowest BCUT2D eigenvalue weighted by Gasteiger charge is -2.11. The fourth-order valence-electron chi connectivity index (χ4n) is 1.28. The Kier molecular flexibility index (Phi) is 1.96. The molecule has 0 saturated carbocycles. The van der Waals surface area contributed by atoms with E-state index in [2.05, 4.69) is 15.0 Å². The van der Waals surface area contributed by atoms with Crippen molar-refractivity contribution in [3.63, 3.8) is 0 Å². The molecule has 1 aliphatic heterocycles. The first-order chi connectivity index (χ1) is 7.06. The van der Waals surface area contributed by atoms with Crippen molar-refractivity contribution in [1.29, 1.82) is 0 Å². The number of hydrogen-bond donors (Lipinski definition) is 2. The Hall–Kier alpha value is -2.25. The van der Waals surface area contributed by atoms with Gasteiger partial charge >= 0.3 is 0 Å². The molecule has 1 amide bonds. The summed E-state index contributed by atoms with van der Waals surface area (Å²) in [6.07, 6.45) is -0.133. The molecule has 0 atom stereocenters. The third kappa shape index (κ3) is 1.68. The second-order valence-corrected chi connectivity index (χ2v) is 3.05. The van der Waals surface area contributed by atoms with E-state index in [9.17, 15) is 9.59 Å². The number of rotatable bonds is 1. The van der Waals surface area contributed by atoms with Crippen LogP contribution >= 0.6 is 0 Å². The van der Waals surface area contributed by atoms with Crippen LogP contribution in [0, 0.1) is 0 Å². The summed E-state index contributed by atoms with van der Waals surface area (Å²) in [4.78, 5) is 34.5. The second-order valence-electron chi connectivity index (χ2n) is 3.05. The summed E-state index contributed by atoms with van der Waals surface area (Å²) in [5.41, 5.74) is 10.7. The molecule has 1 saturated heterocycles. The number of carbonyl (C=O) groups is 2. The Morgan fingerprint density at radius 1 is 1.07 bits per heavy atom. The van der Waals surface area contributed by atoms with Gasteiger partial charge in [-0.05, 0) is 0 Å². The van der Waals surface area contributed by atoms with Gasteiger partial charge in [-0.25, -0.2) is 0 Å². The molecule has 2 rings (SSSR count). The van der Waals surface area contributed by atoms with Crippen LogP contribution in [0.1, 0.15) is 6.42 Å². The zero-order valence-electron chi connectivity index (χ0n) is 7.67. The van der Waals surface area contributed by atoms with Gasteiger partial charge in [0.25, 0.3) is 0 Å². The van der Waals surface area contributed by atoms with Gasteiger partial charge in [0.1, 0.15) is 0 Å². The molecule has 4 N–H and O–H groups in total. The predicted octanol–water partition coefficient (Wildman–Crippen LogP) is -1.66. The Labute approximate surface area is 84.3 Å². The van der Waals surface area contributed by atoms with Crippen LogP contribution in [0.15, 0.2) is 0 Å².